The fraction of sp³-hybridized carbons (Fsp3) is 0.579. The lowest BCUT2D eigenvalue weighted by Crippen LogP contribution is -2.34. The highest BCUT2D eigenvalue weighted by atomic mass is 32.1. The number of hydrogen-bond acceptors (Lipinski definition) is 2. The largest absolute Gasteiger partial charge is 0.327 e. The zero-order valence-electron chi connectivity index (χ0n) is 13.1. The highest BCUT2D eigenvalue weighted by Gasteiger charge is 2.25. The number of hydrogen-bond donors (Lipinski definition) is 1. The molecule has 2 N–H and O–H groups in total. The van der Waals surface area contributed by atoms with E-state index in [4.69, 9.17) is 5.73 Å². The molecule has 2 heteroatoms. The quantitative estimate of drug-likeness (QED) is 0.788. The number of benzene rings is 1. The van der Waals surface area contributed by atoms with Crippen LogP contribution in [0.4, 0.5) is 0 Å². The van der Waals surface area contributed by atoms with E-state index >= 15 is 0 Å². The normalized spacial score (nSPS) is 24.3. The smallest absolute Gasteiger partial charge is 0.0345 e. The Bertz CT molecular complexity index is 566. The van der Waals surface area contributed by atoms with Crippen LogP contribution in [-0.2, 0) is 6.42 Å². The van der Waals surface area contributed by atoms with Crippen LogP contribution in [0.25, 0.3) is 10.1 Å². The molecule has 114 valence electrons. The molecule has 0 saturated heterocycles. The SMILES string of the molecule is CCCC1CCC(C(N)Cc2csc3ccccc23)CC1. The second-order valence-corrected chi connectivity index (χ2v) is 7.61. The number of nitrogens with two attached hydrogens (primary N) is 1. The molecule has 0 spiro atoms. The minimum atomic E-state index is 0.339. The summed E-state index contributed by atoms with van der Waals surface area (Å²) >= 11 is 1.85. The van der Waals surface area contributed by atoms with Gasteiger partial charge in [0.15, 0.2) is 0 Å². The Hall–Kier alpha value is -0.860. The van der Waals surface area contributed by atoms with Crippen LogP contribution in [0.2, 0.25) is 0 Å². The van der Waals surface area contributed by atoms with E-state index in [-0.39, 0.29) is 0 Å². The lowest BCUT2D eigenvalue weighted by Gasteiger charge is -2.32. The van der Waals surface area contributed by atoms with Gasteiger partial charge in [-0.1, -0.05) is 50.8 Å². The number of fused-ring (bicyclic) bond motifs is 1. The number of rotatable bonds is 5. The van der Waals surface area contributed by atoms with Crippen LogP contribution in [0, 0.1) is 11.8 Å². The summed E-state index contributed by atoms with van der Waals surface area (Å²) in [7, 11) is 0. The van der Waals surface area contributed by atoms with E-state index in [9.17, 15) is 0 Å². The molecule has 0 aliphatic heterocycles. The lowest BCUT2D eigenvalue weighted by molar-refractivity contribution is 0.233. The van der Waals surface area contributed by atoms with Crippen molar-refractivity contribution in [2.45, 2.75) is 57.9 Å². The molecule has 1 saturated carbocycles. The van der Waals surface area contributed by atoms with E-state index in [0.717, 1.165) is 18.3 Å². The van der Waals surface area contributed by atoms with Gasteiger partial charge in [0.05, 0.1) is 0 Å². The number of thiophene rings is 1. The third kappa shape index (κ3) is 3.49. The Morgan fingerprint density at radius 3 is 2.71 bits per heavy atom. The minimum absolute atomic E-state index is 0.339. The molecular weight excluding hydrogens is 274 g/mol. The zero-order valence-corrected chi connectivity index (χ0v) is 13.9. The van der Waals surface area contributed by atoms with E-state index in [1.165, 1.54) is 54.2 Å². The van der Waals surface area contributed by atoms with Crippen molar-refractivity contribution in [3.8, 4) is 0 Å². The molecule has 1 heterocycles. The van der Waals surface area contributed by atoms with Gasteiger partial charge in [-0.3, -0.25) is 0 Å². The molecule has 1 aromatic heterocycles. The first-order valence-electron chi connectivity index (χ1n) is 8.48. The first-order valence-corrected chi connectivity index (χ1v) is 9.36. The van der Waals surface area contributed by atoms with Gasteiger partial charge in [0.2, 0.25) is 0 Å². The first-order chi connectivity index (χ1) is 10.3. The Labute approximate surface area is 132 Å². The predicted octanol–water partition coefficient (Wildman–Crippen LogP) is 5.38. The van der Waals surface area contributed by atoms with E-state index in [1.54, 1.807) is 0 Å². The van der Waals surface area contributed by atoms with Crippen LogP contribution in [-0.4, -0.2) is 6.04 Å². The van der Waals surface area contributed by atoms with Crippen molar-refractivity contribution in [2.24, 2.45) is 17.6 Å². The van der Waals surface area contributed by atoms with Crippen LogP contribution in [0.15, 0.2) is 29.6 Å². The van der Waals surface area contributed by atoms with E-state index in [0.29, 0.717) is 6.04 Å². The summed E-state index contributed by atoms with van der Waals surface area (Å²) in [5.41, 5.74) is 8.01. The molecule has 1 unspecified atom stereocenters. The molecule has 1 fully saturated rings. The summed E-state index contributed by atoms with van der Waals surface area (Å²) in [5, 5.41) is 3.73. The van der Waals surface area contributed by atoms with Gasteiger partial charge in [0.25, 0.3) is 0 Å². The minimum Gasteiger partial charge on any atom is -0.327 e. The van der Waals surface area contributed by atoms with Crippen molar-refractivity contribution in [2.75, 3.05) is 0 Å². The predicted molar refractivity (Wildman–Crippen MR) is 93.9 cm³/mol. The molecule has 1 aliphatic carbocycles. The van der Waals surface area contributed by atoms with Gasteiger partial charge in [-0.15, -0.1) is 11.3 Å². The molecule has 1 aromatic carbocycles. The van der Waals surface area contributed by atoms with Crippen LogP contribution in [0.3, 0.4) is 0 Å². The van der Waals surface area contributed by atoms with Crippen molar-refractivity contribution < 1.29 is 0 Å². The van der Waals surface area contributed by atoms with Gasteiger partial charge in [0.1, 0.15) is 0 Å². The van der Waals surface area contributed by atoms with Crippen LogP contribution in [0.1, 0.15) is 51.0 Å². The topological polar surface area (TPSA) is 26.0 Å². The fourth-order valence-electron chi connectivity index (χ4n) is 3.92. The maximum atomic E-state index is 6.55. The summed E-state index contributed by atoms with van der Waals surface area (Å²) in [6.07, 6.45) is 9.28. The summed E-state index contributed by atoms with van der Waals surface area (Å²) < 4.78 is 1.39. The van der Waals surface area contributed by atoms with Gasteiger partial charge in [-0.05, 0) is 53.5 Å². The summed E-state index contributed by atoms with van der Waals surface area (Å²) in [5.74, 6) is 1.71. The molecule has 0 amide bonds. The van der Waals surface area contributed by atoms with E-state index < -0.39 is 0 Å². The van der Waals surface area contributed by atoms with Gasteiger partial charge in [0, 0.05) is 10.7 Å². The molecule has 2 aromatic rings. The second kappa shape index (κ2) is 6.93. The second-order valence-electron chi connectivity index (χ2n) is 6.69. The molecule has 1 atom stereocenters. The lowest BCUT2D eigenvalue weighted by atomic mass is 9.76. The summed E-state index contributed by atoms with van der Waals surface area (Å²) in [6.45, 7) is 2.31. The Balaban J connectivity index is 1.60. The van der Waals surface area contributed by atoms with Crippen molar-refractivity contribution in [3.63, 3.8) is 0 Å². The van der Waals surface area contributed by atoms with Crippen molar-refractivity contribution in [1.29, 1.82) is 0 Å². The standard InChI is InChI=1S/C19H27NS/c1-2-5-14-8-10-15(11-9-14)18(20)12-16-13-21-19-7-4-3-6-17(16)19/h3-4,6-7,13-15,18H,2,5,8-12,20H2,1H3. The summed E-state index contributed by atoms with van der Waals surface area (Å²) in [6, 6.07) is 9.06. The maximum Gasteiger partial charge on any atom is 0.0345 e. The molecule has 21 heavy (non-hydrogen) atoms. The average Bonchev–Trinajstić information content (AvgIpc) is 2.92. The third-order valence-corrected chi connectivity index (χ3v) is 6.22. The Morgan fingerprint density at radius 2 is 1.95 bits per heavy atom. The molecular formula is C19H27NS. The van der Waals surface area contributed by atoms with Gasteiger partial charge >= 0.3 is 0 Å². The van der Waals surface area contributed by atoms with Gasteiger partial charge < -0.3 is 5.73 Å². The molecule has 0 radical (unpaired) electrons. The highest BCUT2D eigenvalue weighted by Crippen LogP contribution is 2.34. The van der Waals surface area contributed by atoms with Crippen LogP contribution < -0.4 is 5.73 Å². The van der Waals surface area contributed by atoms with Crippen molar-refractivity contribution in [1.82, 2.24) is 0 Å². The van der Waals surface area contributed by atoms with Crippen molar-refractivity contribution in [3.05, 3.63) is 35.2 Å². The van der Waals surface area contributed by atoms with Crippen molar-refractivity contribution >= 4 is 21.4 Å². The first kappa shape index (κ1) is 15.1. The zero-order chi connectivity index (χ0) is 14.7. The highest BCUT2D eigenvalue weighted by molar-refractivity contribution is 7.17. The van der Waals surface area contributed by atoms with Crippen LogP contribution in [0.5, 0.6) is 0 Å². The monoisotopic (exact) mass is 301 g/mol. The van der Waals surface area contributed by atoms with Gasteiger partial charge in [-0.25, -0.2) is 0 Å². The molecule has 3 rings (SSSR count). The summed E-state index contributed by atoms with van der Waals surface area (Å²) in [4.78, 5) is 0. The third-order valence-electron chi connectivity index (χ3n) is 5.21. The molecule has 0 bridgehead atoms. The fourth-order valence-corrected chi connectivity index (χ4v) is 4.90. The van der Waals surface area contributed by atoms with Gasteiger partial charge in [-0.2, -0.15) is 0 Å². The van der Waals surface area contributed by atoms with Crippen LogP contribution >= 0.6 is 11.3 Å². The van der Waals surface area contributed by atoms with E-state index in [2.05, 4.69) is 36.6 Å². The average molecular weight is 301 g/mol. The molecule has 1 aliphatic rings. The Kier molecular flexibility index (Phi) is 4.97. The maximum absolute atomic E-state index is 6.55. The Morgan fingerprint density at radius 1 is 1.19 bits per heavy atom. The molecule has 1 nitrogen and oxygen atoms in total. The van der Waals surface area contributed by atoms with E-state index in [1.807, 2.05) is 11.3 Å².